The lowest BCUT2D eigenvalue weighted by molar-refractivity contribution is 0.0976. The molecule has 0 aliphatic carbocycles. The van der Waals surface area contributed by atoms with Gasteiger partial charge in [0, 0.05) is 5.41 Å². The largest absolute Gasteiger partial charge is 0.493 e. The first-order chi connectivity index (χ1) is 7.87. The fourth-order valence-corrected chi connectivity index (χ4v) is 0.841. The predicted molar refractivity (Wildman–Crippen MR) is 66.4 cm³/mol. The zero-order valence-electron chi connectivity index (χ0n) is 9.95. The van der Waals surface area contributed by atoms with Gasteiger partial charge in [0.25, 0.3) is 0 Å². The van der Waals surface area contributed by atoms with Crippen molar-refractivity contribution in [3.63, 3.8) is 0 Å². The number of hydrogen-bond donors (Lipinski definition) is 4. The molecule has 1 aromatic carbocycles. The van der Waals surface area contributed by atoms with E-state index in [2.05, 4.69) is 0 Å². The van der Waals surface area contributed by atoms with Crippen molar-refractivity contribution in [1.82, 2.24) is 0 Å². The zero-order chi connectivity index (χ0) is 13.3. The Balaban J connectivity index is 0.000000557. The van der Waals surface area contributed by atoms with E-state index in [1.54, 1.807) is 0 Å². The minimum absolute atomic E-state index is 0.139. The second kappa shape index (κ2) is 8.39. The van der Waals surface area contributed by atoms with E-state index < -0.39 is 8.60 Å². The molecule has 1 aromatic rings. The van der Waals surface area contributed by atoms with Gasteiger partial charge in [-0.1, -0.05) is 32.0 Å². The lowest BCUT2D eigenvalue weighted by Crippen LogP contribution is -2.25. The average molecular weight is 262 g/mol. The van der Waals surface area contributed by atoms with Crippen LogP contribution in [0.1, 0.15) is 13.8 Å². The van der Waals surface area contributed by atoms with E-state index in [1.807, 2.05) is 44.2 Å². The third-order valence-corrected chi connectivity index (χ3v) is 1.80. The molecule has 0 saturated heterocycles. The SMILES string of the molecule is CC(C)(CO)COc1ccccc1.OP(O)O. The van der Waals surface area contributed by atoms with Crippen LogP contribution in [0, 0.1) is 5.41 Å². The summed E-state index contributed by atoms with van der Waals surface area (Å²) >= 11 is 0. The molecule has 4 N–H and O–H groups in total. The Bertz CT molecular complexity index is 286. The van der Waals surface area contributed by atoms with Crippen LogP contribution in [0.2, 0.25) is 0 Å². The molecule has 0 unspecified atom stereocenters. The molecule has 0 aliphatic rings. The van der Waals surface area contributed by atoms with Crippen molar-refractivity contribution in [2.24, 2.45) is 5.41 Å². The van der Waals surface area contributed by atoms with E-state index in [-0.39, 0.29) is 12.0 Å². The maximum absolute atomic E-state index is 8.99. The smallest absolute Gasteiger partial charge is 0.324 e. The third-order valence-electron chi connectivity index (χ3n) is 1.80. The Morgan fingerprint density at radius 2 is 1.59 bits per heavy atom. The first-order valence-electron chi connectivity index (χ1n) is 5.03. The van der Waals surface area contributed by atoms with Crippen molar-refractivity contribution in [1.29, 1.82) is 0 Å². The molecule has 17 heavy (non-hydrogen) atoms. The molecule has 0 atom stereocenters. The molecule has 0 spiro atoms. The molecule has 0 aromatic heterocycles. The lowest BCUT2D eigenvalue weighted by Gasteiger charge is -2.21. The van der Waals surface area contributed by atoms with Gasteiger partial charge in [0.1, 0.15) is 5.75 Å². The number of hydrogen-bond acceptors (Lipinski definition) is 5. The van der Waals surface area contributed by atoms with E-state index in [4.69, 9.17) is 24.5 Å². The van der Waals surface area contributed by atoms with Crippen LogP contribution in [-0.2, 0) is 0 Å². The van der Waals surface area contributed by atoms with Crippen molar-refractivity contribution >= 4 is 8.60 Å². The summed E-state index contributed by atoms with van der Waals surface area (Å²) < 4.78 is 5.50. The van der Waals surface area contributed by atoms with Crippen LogP contribution in [0.4, 0.5) is 0 Å². The second-order valence-electron chi connectivity index (χ2n) is 4.19. The summed E-state index contributed by atoms with van der Waals surface area (Å²) in [6.45, 7) is 4.61. The third kappa shape index (κ3) is 10.2. The van der Waals surface area contributed by atoms with Crippen LogP contribution in [0.25, 0.3) is 0 Å². The number of aliphatic hydroxyl groups is 1. The summed E-state index contributed by atoms with van der Waals surface area (Å²) in [5.41, 5.74) is -0.171. The zero-order valence-corrected chi connectivity index (χ0v) is 10.8. The molecular weight excluding hydrogens is 243 g/mol. The highest BCUT2D eigenvalue weighted by Crippen LogP contribution is 2.17. The van der Waals surface area contributed by atoms with Crippen LogP contribution in [0.15, 0.2) is 30.3 Å². The summed E-state index contributed by atoms with van der Waals surface area (Å²) in [4.78, 5) is 21.7. The second-order valence-corrected chi connectivity index (χ2v) is 4.73. The molecule has 98 valence electrons. The number of benzene rings is 1. The molecule has 6 heteroatoms. The van der Waals surface area contributed by atoms with Gasteiger partial charge in [0.2, 0.25) is 0 Å². The molecule has 0 aliphatic heterocycles. The van der Waals surface area contributed by atoms with Gasteiger partial charge in [0.05, 0.1) is 13.2 Å². The topological polar surface area (TPSA) is 90.2 Å². The number of para-hydroxylation sites is 1. The van der Waals surface area contributed by atoms with Crippen molar-refractivity contribution in [2.75, 3.05) is 13.2 Å². The van der Waals surface area contributed by atoms with Gasteiger partial charge in [-0.25, -0.2) is 0 Å². The predicted octanol–water partition coefficient (Wildman–Crippen LogP) is 1.27. The molecule has 1 rings (SSSR count). The quantitative estimate of drug-likeness (QED) is 0.614. The summed E-state index contributed by atoms with van der Waals surface area (Å²) in [7, 11) is -2.62. The Labute approximate surface area is 102 Å². The summed E-state index contributed by atoms with van der Waals surface area (Å²) in [5, 5.41) is 8.99. The van der Waals surface area contributed by atoms with E-state index in [9.17, 15) is 0 Å². The minimum Gasteiger partial charge on any atom is -0.493 e. The van der Waals surface area contributed by atoms with Gasteiger partial charge in [-0.2, -0.15) is 0 Å². The average Bonchev–Trinajstić information content (AvgIpc) is 2.27. The van der Waals surface area contributed by atoms with Crippen molar-refractivity contribution in [3.05, 3.63) is 30.3 Å². The highest BCUT2D eigenvalue weighted by atomic mass is 31.2. The maximum atomic E-state index is 8.99. The standard InChI is InChI=1S/C11H16O2.H3O3P/c1-11(2,8-12)9-13-10-6-4-3-5-7-10;1-4(2)3/h3-7,12H,8-9H2,1-2H3;1-3H. The molecule has 0 fully saturated rings. The molecule has 0 saturated carbocycles. The lowest BCUT2D eigenvalue weighted by atomic mass is 9.97. The van der Waals surface area contributed by atoms with Crippen LogP contribution in [0.3, 0.4) is 0 Å². The molecule has 0 bridgehead atoms. The number of ether oxygens (including phenoxy) is 1. The van der Waals surface area contributed by atoms with Gasteiger partial charge in [0.15, 0.2) is 0 Å². The Kier molecular flexibility index (Phi) is 8.04. The van der Waals surface area contributed by atoms with E-state index in [0.717, 1.165) is 5.75 Å². The fourth-order valence-electron chi connectivity index (χ4n) is 0.841. The first-order valence-corrected chi connectivity index (χ1v) is 6.23. The van der Waals surface area contributed by atoms with Crippen LogP contribution in [-0.4, -0.2) is 33.0 Å². The highest BCUT2D eigenvalue weighted by molar-refractivity contribution is 7.38. The first kappa shape index (κ1) is 16.3. The maximum Gasteiger partial charge on any atom is 0.324 e. The summed E-state index contributed by atoms with van der Waals surface area (Å²) in [6, 6.07) is 9.63. The monoisotopic (exact) mass is 262 g/mol. The Morgan fingerprint density at radius 3 is 2.00 bits per heavy atom. The van der Waals surface area contributed by atoms with Gasteiger partial charge in [-0.05, 0) is 12.1 Å². The normalized spacial score (nSPS) is 10.8. The summed E-state index contributed by atoms with van der Waals surface area (Å²) in [6.07, 6.45) is 0. The minimum atomic E-state index is -2.62. The number of rotatable bonds is 4. The van der Waals surface area contributed by atoms with E-state index in [1.165, 1.54) is 0 Å². The van der Waals surface area contributed by atoms with Crippen molar-refractivity contribution in [2.45, 2.75) is 13.8 Å². The van der Waals surface area contributed by atoms with Gasteiger partial charge in [-0.3, -0.25) is 0 Å². The van der Waals surface area contributed by atoms with E-state index >= 15 is 0 Å². The summed E-state index contributed by atoms with van der Waals surface area (Å²) in [5.74, 6) is 0.851. The molecule has 0 radical (unpaired) electrons. The Hall–Kier alpha value is -0.710. The molecule has 0 heterocycles. The molecule has 5 nitrogen and oxygen atoms in total. The van der Waals surface area contributed by atoms with Gasteiger partial charge < -0.3 is 24.5 Å². The van der Waals surface area contributed by atoms with Gasteiger partial charge >= 0.3 is 8.60 Å². The molecular formula is C11H19O5P. The van der Waals surface area contributed by atoms with Crippen LogP contribution < -0.4 is 4.74 Å². The van der Waals surface area contributed by atoms with Crippen LogP contribution >= 0.6 is 8.60 Å². The van der Waals surface area contributed by atoms with Crippen molar-refractivity contribution < 1.29 is 24.5 Å². The van der Waals surface area contributed by atoms with Crippen LogP contribution in [0.5, 0.6) is 5.75 Å². The van der Waals surface area contributed by atoms with Gasteiger partial charge in [-0.15, -0.1) is 0 Å². The Morgan fingerprint density at radius 1 is 1.12 bits per heavy atom. The highest BCUT2D eigenvalue weighted by Gasteiger charge is 2.17. The fraction of sp³-hybridized carbons (Fsp3) is 0.455. The van der Waals surface area contributed by atoms with E-state index in [0.29, 0.717) is 6.61 Å². The molecule has 0 amide bonds. The van der Waals surface area contributed by atoms with Crippen molar-refractivity contribution in [3.8, 4) is 5.75 Å². The number of aliphatic hydroxyl groups excluding tert-OH is 1.